The topological polar surface area (TPSA) is 29.3 Å². The minimum absolute atomic E-state index is 0.551. The van der Waals surface area contributed by atoms with Crippen LogP contribution in [0.2, 0.25) is 0 Å². The minimum atomic E-state index is 0.551. The molecule has 0 saturated carbocycles. The number of nitrogens with zero attached hydrogens (tertiary/aromatic N) is 1. The fourth-order valence-electron chi connectivity index (χ4n) is 1.28. The fourth-order valence-corrected chi connectivity index (χ4v) is 1.28. The predicted octanol–water partition coefficient (Wildman–Crippen LogP) is 1.46. The second-order valence-electron chi connectivity index (χ2n) is 3.12. The lowest BCUT2D eigenvalue weighted by atomic mass is 10.2. The third-order valence-corrected chi connectivity index (χ3v) is 1.99. The lowest BCUT2D eigenvalue weighted by molar-refractivity contribution is 0.214. The molecule has 0 fully saturated rings. The molecule has 2 nitrogen and oxygen atoms in total. The zero-order valence-electron chi connectivity index (χ0n) is 8.14. The van der Waals surface area contributed by atoms with Crippen molar-refractivity contribution in [1.29, 1.82) is 0 Å². The lowest BCUT2D eigenvalue weighted by Crippen LogP contribution is -2.39. The van der Waals surface area contributed by atoms with Gasteiger partial charge in [0.15, 0.2) is 0 Å². The van der Waals surface area contributed by atoms with E-state index in [0.717, 1.165) is 6.54 Å². The van der Waals surface area contributed by atoms with Gasteiger partial charge in [-0.15, -0.1) is 0 Å². The lowest BCUT2D eigenvalue weighted by Gasteiger charge is -2.27. The van der Waals surface area contributed by atoms with Gasteiger partial charge in [-0.1, -0.05) is 13.8 Å². The monoisotopic (exact) mass is 158 g/mol. The van der Waals surface area contributed by atoms with Crippen LogP contribution in [-0.2, 0) is 0 Å². The molecule has 0 aliphatic rings. The van der Waals surface area contributed by atoms with E-state index < -0.39 is 0 Å². The van der Waals surface area contributed by atoms with Crippen molar-refractivity contribution in [3.8, 4) is 0 Å². The molecular formula is C9H22N2. The number of rotatable bonds is 6. The highest BCUT2D eigenvalue weighted by Crippen LogP contribution is 1.99. The van der Waals surface area contributed by atoms with Crippen LogP contribution in [0.3, 0.4) is 0 Å². The maximum absolute atomic E-state index is 5.59. The van der Waals surface area contributed by atoms with E-state index in [4.69, 9.17) is 5.73 Å². The van der Waals surface area contributed by atoms with Gasteiger partial charge in [-0.25, -0.2) is 0 Å². The zero-order valence-corrected chi connectivity index (χ0v) is 8.14. The molecule has 0 aliphatic carbocycles. The van der Waals surface area contributed by atoms with E-state index in [2.05, 4.69) is 25.7 Å². The number of nitrogens with two attached hydrogens (primary N) is 1. The van der Waals surface area contributed by atoms with Crippen LogP contribution >= 0.6 is 0 Å². The van der Waals surface area contributed by atoms with Gasteiger partial charge in [0.25, 0.3) is 0 Å². The molecule has 1 atom stereocenters. The summed E-state index contributed by atoms with van der Waals surface area (Å²) in [5.41, 5.74) is 5.59. The first kappa shape index (κ1) is 10.9. The van der Waals surface area contributed by atoms with Crippen LogP contribution in [-0.4, -0.2) is 30.6 Å². The predicted molar refractivity (Wildman–Crippen MR) is 50.7 cm³/mol. The van der Waals surface area contributed by atoms with Gasteiger partial charge in [-0.2, -0.15) is 0 Å². The van der Waals surface area contributed by atoms with E-state index in [1.165, 1.54) is 25.9 Å². The van der Waals surface area contributed by atoms with Gasteiger partial charge in [0.05, 0.1) is 0 Å². The third kappa shape index (κ3) is 4.38. The van der Waals surface area contributed by atoms with Crippen LogP contribution in [0, 0.1) is 0 Å². The Morgan fingerprint density at radius 3 is 1.91 bits per heavy atom. The SMILES string of the molecule is CCCN(CCC)C(C)CN. The Hall–Kier alpha value is -0.0800. The molecule has 0 rings (SSSR count). The van der Waals surface area contributed by atoms with Gasteiger partial charge in [0, 0.05) is 12.6 Å². The summed E-state index contributed by atoms with van der Waals surface area (Å²) in [5, 5.41) is 0. The molecule has 68 valence electrons. The largest absolute Gasteiger partial charge is 0.329 e. The second-order valence-corrected chi connectivity index (χ2v) is 3.12. The molecule has 1 unspecified atom stereocenters. The van der Waals surface area contributed by atoms with Gasteiger partial charge in [-0.3, -0.25) is 4.90 Å². The zero-order chi connectivity index (χ0) is 8.69. The summed E-state index contributed by atoms with van der Waals surface area (Å²) >= 11 is 0. The van der Waals surface area contributed by atoms with E-state index in [1.807, 2.05) is 0 Å². The Labute approximate surface area is 70.8 Å². The molecule has 0 heterocycles. The molecule has 0 radical (unpaired) electrons. The van der Waals surface area contributed by atoms with Crippen LogP contribution in [0.4, 0.5) is 0 Å². The summed E-state index contributed by atoms with van der Waals surface area (Å²) < 4.78 is 0. The first-order valence-electron chi connectivity index (χ1n) is 4.70. The van der Waals surface area contributed by atoms with Crippen molar-refractivity contribution in [1.82, 2.24) is 4.90 Å². The van der Waals surface area contributed by atoms with Gasteiger partial charge in [-0.05, 0) is 32.9 Å². The average molecular weight is 158 g/mol. The summed E-state index contributed by atoms with van der Waals surface area (Å²) in [7, 11) is 0. The maximum Gasteiger partial charge on any atom is 0.0190 e. The smallest absolute Gasteiger partial charge is 0.0190 e. The van der Waals surface area contributed by atoms with Gasteiger partial charge in [0.2, 0.25) is 0 Å². The summed E-state index contributed by atoms with van der Waals surface area (Å²) in [4.78, 5) is 2.46. The summed E-state index contributed by atoms with van der Waals surface area (Å²) in [6.07, 6.45) is 2.45. The third-order valence-electron chi connectivity index (χ3n) is 1.99. The Bertz CT molecular complexity index is 77.6. The summed E-state index contributed by atoms with van der Waals surface area (Å²) in [5.74, 6) is 0. The molecule has 2 heteroatoms. The summed E-state index contributed by atoms with van der Waals surface area (Å²) in [6, 6.07) is 0.551. The highest BCUT2D eigenvalue weighted by molar-refractivity contribution is 4.66. The number of hydrogen-bond acceptors (Lipinski definition) is 2. The molecule has 2 N–H and O–H groups in total. The van der Waals surface area contributed by atoms with Crippen molar-refractivity contribution in [2.45, 2.75) is 39.7 Å². The van der Waals surface area contributed by atoms with Gasteiger partial charge < -0.3 is 5.73 Å². The molecule has 0 spiro atoms. The van der Waals surface area contributed by atoms with Crippen molar-refractivity contribution in [3.63, 3.8) is 0 Å². The van der Waals surface area contributed by atoms with Crippen molar-refractivity contribution >= 4 is 0 Å². The first-order valence-corrected chi connectivity index (χ1v) is 4.70. The van der Waals surface area contributed by atoms with E-state index in [1.54, 1.807) is 0 Å². The van der Waals surface area contributed by atoms with Gasteiger partial charge >= 0.3 is 0 Å². The molecule has 0 amide bonds. The molecule has 0 aromatic heterocycles. The quantitative estimate of drug-likeness (QED) is 0.634. The minimum Gasteiger partial charge on any atom is -0.329 e. The Balaban J connectivity index is 3.66. The molecule has 0 aromatic carbocycles. The summed E-state index contributed by atoms with van der Waals surface area (Å²) in [6.45, 7) is 9.78. The second kappa shape index (κ2) is 6.62. The van der Waals surface area contributed by atoms with Crippen LogP contribution in [0.5, 0.6) is 0 Å². The molecule has 0 aliphatic heterocycles. The molecule has 0 bridgehead atoms. The van der Waals surface area contributed by atoms with Crippen molar-refractivity contribution in [2.75, 3.05) is 19.6 Å². The fraction of sp³-hybridized carbons (Fsp3) is 1.00. The highest BCUT2D eigenvalue weighted by Gasteiger charge is 2.08. The van der Waals surface area contributed by atoms with Crippen LogP contribution in [0.1, 0.15) is 33.6 Å². The molecular weight excluding hydrogens is 136 g/mol. The standard InChI is InChI=1S/C9H22N2/c1-4-6-11(7-5-2)9(3)8-10/h9H,4-8,10H2,1-3H3. The van der Waals surface area contributed by atoms with Crippen molar-refractivity contribution in [2.24, 2.45) is 5.73 Å². The highest BCUT2D eigenvalue weighted by atomic mass is 15.2. The Morgan fingerprint density at radius 1 is 1.18 bits per heavy atom. The Kier molecular flexibility index (Phi) is 6.57. The van der Waals surface area contributed by atoms with Crippen LogP contribution in [0.25, 0.3) is 0 Å². The van der Waals surface area contributed by atoms with E-state index in [0.29, 0.717) is 6.04 Å². The molecule has 0 aromatic rings. The number of hydrogen-bond donors (Lipinski definition) is 1. The average Bonchev–Trinajstić information content (AvgIpc) is 2.03. The van der Waals surface area contributed by atoms with Crippen molar-refractivity contribution < 1.29 is 0 Å². The van der Waals surface area contributed by atoms with E-state index in [-0.39, 0.29) is 0 Å². The molecule has 11 heavy (non-hydrogen) atoms. The van der Waals surface area contributed by atoms with E-state index >= 15 is 0 Å². The maximum atomic E-state index is 5.59. The van der Waals surface area contributed by atoms with E-state index in [9.17, 15) is 0 Å². The molecule has 0 saturated heterocycles. The normalized spacial score (nSPS) is 13.9. The van der Waals surface area contributed by atoms with Crippen molar-refractivity contribution in [3.05, 3.63) is 0 Å². The van der Waals surface area contributed by atoms with Crippen LogP contribution in [0.15, 0.2) is 0 Å². The van der Waals surface area contributed by atoms with Gasteiger partial charge in [0.1, 0.15) is 0 Å². The Morgan fingerprint density at radius 2 is 1.64 bits per heavy atom. The first-order chi connectivity index (χ1) is 5.26. The van der Waals surface area contributed by atoms with Crippen LogP contribution < -0.4 is 5.73 Å².